The average molecular weight is 395 g/mol. The van der Waals surface area contributed by atoms with Crippen molar-refractivity contribution in [3.63, 3.8) is 0 Å². The van der Waals surface area contributed by atoms with Crippen LogP contribution in [-0.4, -0.2) is 40.3 Å². The van der Waals surface area contributed by atoms with Crippen molar-refractivity contribution in [3.8, 4) is 5.75 Å². The molecular weight excluding hydrogens is 369 g/mol. The van der Waals surface area contributed by atoms with Gasteiger partial charge in [0, 0.05) is 37.5 Å². The topological polar surface area (TPSA) is 66.1 Å². The van der Waals surface area contributed by atoms with Crippen LogP contribution >= 0.6 is 0 Å². The second kappa shape index (κ2) is 9.05. The van der Waals surface area contributed by atoms with Gasteiger partial charge in [-0.3, -0.25) is 10.00 Å². The first-order valence-corrected chi connectivity index (χ1v) is 10.0. The SMILES string of the molecule is CNc1ncccc1CN1CCCC1c1cc(CCOc2ccccc2F)[nH]n1. The fraction of sp³-hybridized carbons (Fsp3) is 0.364. The molecule has 2 N–H and O–H groups in total. The average Bonchev–Trinajstić information content (AvgIpc) is 3.39. The summed E-state index contributed by atoms with van der Waals surface area (Å²) in [7, 11) is 1.90. The zero-order chi connectivity index (χ0) is 20.1. The van der Waals surface area contributed by atoms with Crippen LogP contribution in [0.1, 0.15) is 35.8 Å². The third kappa shape index (κ3) is 4.56. The summed E-state index contributed by atoms with van der Waals surface area (Å²) < 4.78 is 19.2. The Morgan fingerprint density at radius 2 is 2.17 bits per heavy atom. The van der Waals surface area contributed by atoms with Crippen molar-refractivity contribution in [1.29, 1.82) is 0 Å². The van der Waals surface area contributed by atoms with Crippen LogP contribution in [0.3, 0.4) is 0 Å². The van der Waals surface area contributed by atoms with E-state index in [1.807, 2.05) is 13.1 Å². The largest absolute Gasteiger partial charge is 0.490 e. The first kappa shape index (κ1) is 19.4. The van der Waals surface area contributed by atoms with E-state index in [1.54, 1.807) is 24.4 Å². The Kier molecular flexibility index (Phi) is 6.05. The summed E-state index contributed by atoms with van der Waals surface area (Å²) in [5.41, 5.74) is 3.25. The number of H-pyrrole nitrogens is 1. The number of hydrogen-bond donors (Lipinski definition) is 2. The molecule has 1 unspecified atom stereocenters. The van der Waals surface area contributed by atoms with Gasteiger partial charge in [-0.1, -0.05) is 18.2 Å². The predicted molar refractivity (Wildman–Crippen MR) is 110 cm³/mol. The minimum Gasteiger partial charge on any atom is -0.490 e. The summed E-state index contributed by atoms with van der Waals surface area (Å²) in [6.45, 7) is 2.28. The molecule has 0 spiro atoms. The molecule has 29 heavy (non-hydrogen) atoms. The number of hydrogen-bond acceptors (Lipinski definition) is 5. The summed E-state index contributed by atoms with van der Waals surface area (Å²) in [5, 5.41) is 10.8. The van der Waals surface area contributed by atoms with E-state index < -0.39 is 0 Å². The Morgan fingerprint density at radius 1 is 1.28 bits per heavy atom. The second-order valence-electron chi connectivity index (χ2n) is 7.24. The van der Waals surface area contributed by atoms with Crippen molar-refractivity contribution in [2.75, 3.05) is 25.5 Å². The second-order valence-corrected chi connectivity index (χ2v) is 7.24. The Balaban J connectivity index is 1.37. The molecule has 3 aromatic rings. The number of aromatic amines is 1. The lowest BCUT2D eigenvalue weighted by Gasteiger charge is -2.23. The molecule has 1 atom stereocenters. The van der Waals surface area contributed by atoms with E-state index in [0.717, 1.165) is 43.1 Å². The molecule has 7 heteroatoms. The minimum absolute atomic E-state index is 0.283. The van der Waals surface area contributed by atoms with Gasteiger partial charge in [0.1, 0.15) is 5.82 Å². The molecule has 0 saturated carbocycles. The summed E-state index contributed by atoms with van der Waals surface area (Å²) >= 11 is 0. The highest BCUT2D eigenvalue weighted by Crippen LogP contribution is 2.33. The van der Waals surface area contributed by atoms with Crippen molar-refractivity contribution in [3.05, 3.63) is 71.4 Å². The summed E-state index contributed by atoms with van der Waals surface area (Å²) in [6, 6.07) is 13.0. The Hall–Kier alpha value is -2.93. The van der Waals surface area contributed by atoms with Gasteiger partial charge >= 0.3 is 0 Å². The van der Waals surface area contributed by atoms with Crippen LogP contribution in [0.2, 0.25) is 0 Å². The van der Waals surface area contributed by atoms with E-state index in [9.17, 15) is 4.39 Å². The highest BCUT2D eigenvalue weighted by atomic mass is 19.1. The Bertz CT molecular complexity index is 944. The van der Waals surface area contributed by atoms with Crippen LogP contribution in [0, 0.1) is 5.82 Å². The highest BCUT2D eigenvalue weighted by Gasteiger charge is 2.28. The number of halogens is 1. The predicted octanol–water partition coefficient (Wildman–Crippen LogP) is 3.94. The van der Waals surface area contributed by atoms with Crippen LogP contribution in [-0.2, 0) is 13.0 Å². The minimum atomic E-state index is -0.337. The van der Waals surface area contributed by atoms with Gasteiger partial charge in [0.25, 0.3) is 0 Å². The lowest BCUT2D eigenvalue weighted by atomic mass is 10.1. The summed E-state index contributed by atoms with van der Waals surface area (Å²) in [4.78, 5) is 6.86. The van der Waals surface area contributed by atoms with Crippen molar-refractivity contribution in [1.82, 2.24) is 20.1 Å². The van der Waals surface area contributed by atoms with E-state index in [1.165, 1.54) is 11.6 Å². The van der Waals surface area contributed by atoms with E-state index in [4.69, 9.17) is 4.74 Å². The molecule has 1 aromatic carbocycles. The number of aromatic nitrogens is 3. The molecule has 152 valence electrons. The summed E-state index contributed by atoms with van der Waals surface area (Å²) in [6.07, 6.45) is 4.70. The van der Waals surface area contributed by atoms with Gasteiger partial charge < -0.3 is 10.1 Å². The van der Waals surface area contributed by atoms with Gasteiger partial charge in [0.05, 0.1) is 18.3 Å². The van der Waals surface area contributed by atoms with Crippen LogP contribution in [0.5, 0.6) is 5.75 Å². The number of ether oxygens (including phenoxy) is 1. The van der Waals surface area contributed by atoms with Gasteiger partial charge in [-0.25, -0.2) is 9.37 Å². The fourth-order valence-corrected chi connectivity index (χ4v) is 3.87. The van der Waals surface area contributed by atoms with Crippen molar-refractivity contribution >= 4 is 5.82 Å². The van der Waals surface area contributed by atoms with Crippen LogP contribution in [0.15, 0.2) is 48.7 Å². The maximum Gasteiger partial charge on any atom is 0.165 e. The monoisotopic (exact) mass is 395 g/mol. The molecule has 1 saturated heterocycles. The Labute approximate surface area is 170 Å². The van der Waals surface area contributed by atoms with Gasteiger partial charge in [-0.2, -0.15) is 5.10 Å². The standard InChI is InChI=1S/C22H26FN5O/c1-24-22-16(6-4-11-25-22)15-28-12-5-8-20(28)19-14-17(26-27-19)10-13-29-21-9-3-2-7-18(21)23/h2-4,6-7,9,11,14,20H,5,8,10,12-13,15H2,1H3,(H,24,25)(H,26,27). The molecule has 3 heterocycles. The van der Waals surface area contributed by atoms with Crippen molar-refractivity contribution in [2.45, 2.75) is 31.8 Å². The van der Waals surface area contributed by atoms with Gasteiger partial charge in [-0.05, 0) is 43.7 Å². The number of nitrogens with one attached hydrogen (secondary N) is 2. The van der Waals surface area contributed by atoms with Gasteiger partial charge in [0.2, 0.25) is 0 Å². The lowest BCUT2D eigenvalue weighted by molar-refractivity contribution is 0.244. The van der Waals surface area contributed by atoms with Crippen molar-refractivity contribution < 1.29 is 9.13 Å². The third-order valence-corrected chi connectivity index (χ3v) is 5.32. The molecule has 0 aliphatic carbocycles. The van der Waals surface area contributed by atoms with Crippen molar-refractivity contribution in [2.24, 2.45) is 0 Å². The molecule has 0 amide bonds. The third-order valence-electron chi connectivity index (χ3n) is 5.32. The molecule has 6 nitrogen and oxygen atoms in total. The zero-order valence-corrected chi connectivity index (χ0v) is 16.6. The van der Waals surface area contributed by atoms with Crippen LogP contribution < -0.4 is 10.1 Å². The molecular formula is C22H26FN5O. The molecule has 1 aliphatic rings. The molecule has 0 radical (unpaired) electrons. The molecule has 1 aliphatic heterocycles. The number of para-hydroxylation sites is 1. The number of nitrogens with zero attached hydrogens (tertiary/aromatic N) is 3. The highest BCUT2D eigenvalue weighted by molar-refractivity contribution is 5.43. The smallest absolute Gasteiger partial charge is 0.165 e. The number of rotatable bonds is 8. The van der Waals surface area contributed by atoms with E-state index in [-0.39, 0.29) is 17.6 Å². The Morgan fingerprint density at radius 3 is 3.03 bits per heavy atom. The maximum absolute atomic E-state index is 13.6. The first-order chi connectivity index (χ1) is 14.2. The van der Waals surface area contributed by atoms with Crippen LogP contribution in [0.25, 0.3) is 0 Å². The fourth-order valence-electron chi connectivity index (χ4n) is 3.87. The van der Waals surface area contributed by atoms with Crippen LogP contribution in [0.4, 0.5) is 10.2 Å². The summed E-state index contributed by atoms with van der Waals surface area (Å²) in [5.74, 6) is 0.868. The van der Waals surface area contributed by atoms with Gasteiger partial charge in [0.15, 0.2) is 11.6 Å². The quantitative estimate of drug-likeness (QED) is 0.605. The number of likely N-dealkylation sites (tertiary alicyclic amines) is 1. The molecule has 0 bridgehead atoms. The number of anilines is 1. The normalized spacial score (nSPS) is 16.8. The number of benzene rings is 1. The lowest BCUT2D eigenvalue weighted by Crippen LogP contribution is -2.23. The molecule has 4 rings (SSSR count). The van der Waals surface area contributed by atoms with E-state index >= 15 is 0 Å². The van der Waals surface area contributed by atoms with Gasteiger partial charge in [-0.15, -0.1) is 0 Å². The number of pyridine rings is 1. The first-order valence-electron chi connectivity index (χ1n) is 10.0. The van der Waals surface area contributed by atoms with E-state index in [0.29, 0.717) is 13.0 Å². The zero-order valence-electron chi connectivity index (χ0n) is 16.6. The van der Waals surface area contributed by atoms with E-state index in [2.05, 4.69) is 37.5 Å². The molecule has 2 aromatic heterocycles. The molecule has 1 fully saturated rings. The maximum atomic E-state index is 13.6.